The van der Waals surface area contributed by atoms with Crippen LogP contribution in [-0.4, -0.2) is 77.4 Å². The van der Waals surface area contributed by atoms with Gasteiger partial charge in [-0.05, 0) is 53.5 Å². The Morgan fingerprint density at radius 1 is 0.878 bits per heavy atom. The molecule has 0 radical (unpaired) electrons. The smallest absolute Gasteiger partial charge is 0.408 e. The van der Waals surface area contributed by atoms with E-state index in [1.54, 1.807) is 12.1 Å². The minimum Gasteiger partial charge on any atom is -0.445 e. The summed E-state index contributed by atoms with van der Waals surface area (Å²) in [5, 5.41) is 5.32. The normalized spacial score (nSPS) is 14.7. The lowest BCUT2D eigenvalue weighted by Gasteiger charge is -2.27. The Bertz CT molecular complexity index is 1550. The van der Waals surface area contributed by atoms with Crippen molar-refractivity contribution < 1.29 is 38.2 Å². The standard InChI is InChI=1S/C36H46N3O8P.ClH/c1-26(2)22-32(38-36(42)47-25-28-12-7-4-8-13-28)35(41)37-31(23-27-10-5-3-6-11-27)33(40)24-30-29(14-9-15-34(30)48(43,44)45)16-17-39-18-20-46-21-19-39;/h3-15,26,31-32H,16-25H2,1-2H3,(H,37,41)(H,38,42)(H2,43,44,45);1H/t31-,32-;/m0./s1. The maximum absolute atomic E-state index is 14.1. The van der Waals surface area contributed by atoms with Gasteiger partial charge in [-0.15, -0.1) is 12.4 Å². The first-order valence-corrected chi connectivity index (χ1v) is 17.9. The predicted octanol–water partition coefficient (Wildman–Crippen LogP) is 3.97. The maximum atomic E-state index is 14.1. The number of hydrogen-bond donors (Lipinski definition) is 4. The van der Waals surface area contributed by atoms with E-state index in [9.17, 15) is 28.7 Å². The van der Waals surface area contributed by atoms with Gasteiger partial charge in [-0.1, -0.05) is 86.6 Å². The van der Waals surface area contributed by atoms with Crippen LogP contribution in [0.5, 0.6) is 0 Å². The lowest BCUT2D eigenvalue weighted by atomic mass is 9.93. The first-order chi connectivity index (χ1) is 23.0. The third-order valence-corrected chi connectivity index (χ3v) is 9.28. The monoisotopic (exact) mass is 715 g/mol. The number of carbonyl (C=O) groups is 3. The molecule has 1 aliphatic heterocycles. The number of Topliss-reactive ketones (excluding diaryl/α,β-unsaturated/α-hetero) is 1. The van der Waals surface area contributed by atoms with Gasteiger partial charge in [-0.2, -0.15) is 0 Å². The zero-order valence-electron chi connectivity index (χ0n) is 28.0. The van der Waals surface area contributed by atoms with Crippen LogP contribution in [0.15, 0.2) is 78.9 Å². The average Bonchev–Trinajstić information content (AvgIpc) is 3.07. The van der Waals surface area contributed by atoms with Crippen molar-refractivity contribution in [1.29, 1.82) is 0 Å². The zero-order chi connectivity index (χ0) is 34.5. The fourth-order valence-corrected chi connectivity index (χ4v) is 6.57. The molecule has 3 aromatic carbocycles. The van der Waals surface area contributed by atoms with Crippen molar-refractivity contribution in [1.82, 2.24) is 15.5 Å². The number of morpholine rings is 1. The summed E-state index contributed by atoms with van der Waals surface area (Å²) in [5.41, 5.74) is 2.53. The third kappa shape index (κ3) is 13.0. The van der Waals surface area contributed by atoms with Crippen molar-refractivity contribution in [3.05, 3.63) is 101 Å². The van der Waals surface area contributed by atoms with Gasteiger partial charge in [0.05, 0.1) is 24.6 Å². The first kappa shape index (κ1) is 39.9. The van der Waals surface area contributed by atoms with Gasteiger partial charge in [0.15, 0.2) is 5.78 Å². The molecule has 4 rings (SSSR count). The van der Waals surface area contributed by atoms with Gasteiger partial charge >= 0.3 is 13.7 Å². The van der Waals surface area contributed by atoms with Crippen LogP contribution in [-0.2, 0) is 49.5 Å². The highest BCUT2D eigenvalue weighted by Gasteiger charge is 2.31. The van der Waals surface area contributed by atoms with Gasteiger partial charge in [0.25, 0.3) is 0 Å². The molecule has 4 N–H and O–H groups in total. The fraction of sp³-hybridized carbons (Fsp3) is 0.417. The van der Waals surface area contributed by atoms with Crippen molar-refractivity contribution in [2.45, 2.75) is 58.2 Å². The summed E-state index contributed by atoms with van der Waals surface area (Å²) >= 11 is 0. The summed E-state index contributed by atoms with van der Waals surface area (Å²) in [5.74, 6) is -0.927. The first-order valence-electron chi connectivity index (χ1n) is 16.3. The van der Waals surface area contributed by atoms with Gasteiger partial charge < -0.3 is 29.9 Å². The van der Waals surface area contributed by atoms with E-state index in [4.69, 9.17) is 9.47 Å². The molecule has 11 nitrogen and oxygen atoms in total. The fourth-order valence-electron chi connectivity index (χ4n) is 5.71. The SMILES string of the molecule is CC(C)C[C@H](NC(=O)OCc1ccccc1)C(=O)N[C@@H](Cc1ccccc1)C(=O)Cc1c(CCN2CCOCC2)cccc1P(=O)(O)O.Cl. The Kier molecular flexibility index (Phi) is 15.9. The van der Waals surface area contributed by atoms with E-state index in [0.29, 0.717) is 38.2 Å². The number of ketones is 1. The number of alkyl carbamates (subject to hydrolysis) is 1. The average molecular weight is 716 g/mol. The van der Waals surface area contributed by atoms with Crippen LogP contribution in [0.3, 0.4) is 0 Å². The summed E-state index contributed by atoms with van der Waals surface area (Å²) in [4.78, 5) is 63.3. The second-order valence-electron chi connectivity index (χ2n) is 12.4. The quantitative estimate of drug-likeness (QED) is 0.161. The molecule has 49 heavy (non-hydrogen) atoms. The van der Waals surface area contributed by atoms with E-state index in [1.165, 1.54) is 6.07 Å². The van der Waals surface area contributed by atoms with Gasteiger partial charge in [0, 0.05) is 26.1 Å². The number of nitrogens with zero attached hydrogens (tertiary/aromatic N) is 1. The molecule has 1 fully saturated rings. The summed E-state index contributed by atoms with van der Waals surface area (Å²) in [6, 6.07) is 21.1. The summed E-state index contributed by atoms with van der Waals surface area (Å²) < 4.78 is 23.4. The van der Waals surface area contributed by atoms with Crippen LogP contribution in [0.4, 0.5) is 4.79 Å². The molecule has 0 aliphatic carbocycles. The molecular formula is C36H47ClN3O8P. The Hall–Kier alpha value is -3.57. The Balaban J connectivity index is 0.00000650. The number of benzene rings is 3. The van der Waals surface area contributed by atoms with Gasteiger partial charge in [0.1, 0.15) is 12.6 Å². The van der Waals surface area contributed by atoms with Crippen LogP contribution in [0.2, 0.25) is 0 Å². The number of hydrogen-bond acceptors (Lipinski definition) is 7. The molecule has 1 aliphatic rings. The van der Waals surface area contributed by atoms with Gasteiger partial charge in [-0.25, -0.2) is 4.79 Å². The molecule has 1 heterocycles. The molecule has 0 unspecified atom stereocenters. The molecule has 0 spiro atoms. The predicted molar refractivity (Wildman–Crippen MR) is 190 cm³/mol. The van der Waals surface area contributed by atoms with Crippen molar-refractivity contribution in [2.24, 2.45) is 5.92 Å². The van der Waals surface area contributed by atoms with E-state index >= 15 is 0 Å². The summed E-state index contributed by atoms with van der Waals surface area (Å²) in [6.45, 7) is 7.25. The van der Waals surface area contributed by atoms with E-state index in [-0.39, 0.29) is 48.6 Å². The van der Waals surface area contributed by atoms with E-state index in [2.05, 4.69) is 15.5 Å². The van der Waals surface area contributed by atoms with Crippen LogP contribution in [0.1, 0.15) is 42.5 Å². The number of ether oxygens (including phenoxy) is 2. The summed E-state index contributed by atoms with van der Waals surface area (Å²) in [6.07, 6.45) is -0.118. The lowest BCUT2D eigenvalue weighted by Crippen LogP contribution is -2.53. The molecule has 3 aromatic rings. The Labute approximate surface area is 294 Å². The molecule has 2 amide bonds. The van der Waals surface area contributed by atoms with Gasteiger partial charge in [-0.3, -0.25) is 19.1 Å². The number of carbonyl (C=O) groups excluding carboxylic acids is 3. The van der Waals surface area contributed by atoms with Crippen LogP contribution in [0, 0.1) is 5.92 Å². The van der Waals surface area contributed by atoms with E-state index < -0.39 is 37.5 Å². The van der Waals surface area contributed by atoms with Crippen molar-refractivity contribution in [3.8, 4) is 0 Å². The third-order valence-electron chi connectivity index (χ3n) is 8.23. The lowest BCUT2D eigenvalue weighted by molar-refractivity contribution is -0.129. The highest BCUT2D eigenvalue weighted by Crippen LogP contribution is 2.36. The van der Waals surface area contributed by atoms with Crippen molar-refractivity contribution in [2.75, 3.05) is 32.8 Å². The number of amides is 2. The number of rotatable bonds is 16. The topological polar surface area (TPSA) is 154 Å². The van der Waals surface area contributed by atoms with Crippen LogP contribution < -0.4 is 15.9 Å². The van der Waals surface area contributed by atoms with Crippen LogP contribution >= 0.6 is 20.0 Å². The molecule has 0 aromatic heterocycles. The van der Waals surface area contributed by atoms with Gasteiger partial charge in [0.2, 0.25) is 5.91 Å². The second-order valence-corrected chi connectivity index (χ2v) is 14.0. The molecule has 0 bridgehead atoms. The largest absolute Gasteiger partial charge is 0.445 e. The maximum Gasteiger partial charge on any atom is 0.408 e. The zero-order valence-corrected chi connectivity index (χ0v) is 29.7. The van der Waals surface area contributed by atoms with E-state index in [0.717, 1.165) is 24.2 Å². The Morgan fingerprint density at radius 3 is 2.12 bits per heavy atom. The molecule has 266 valence electrons. The molecular weight excluding hydrogens is 669 g/mol. The summed E-state index contributed by atoms with van der Waals surface area (Å²) in [7, 11) is -4.73. The van der Waals surface area contributed by atoms with Crippen molar-refractivity contribution in [3.63, 3.8) is 0 Å². The van der Waals surface area contributed by atoms with Crippen LogP contribution in [0.25, 0.3) is 0 Å². The Morgan fingerprint density at radius 2 is 1.51 bits per heavy atom. The number of halogens is 1. The minimum atomic E-state index is -4.73. The molecule has 13 heteroatoms. The van der Waals surface area contributed by atoms with Crippen molar-refractivity contribution >= 4 is 43.1 Å². The number of nitrogens with one attached hydrogen (secondary N) is 2. The highest BCUT2D eigenvalue weighted by atomic mass is 35.5. The molecule has 2 atom stereocenters. The second kappa shape index (κ2) is 19.6. The molecule has 0 saturated carbocycles. The molecule has 1 saturated heterocycles. The van der Waals surface area contributed by atoms with E-state index in [1.807, 2.05) is 74.5 Å². The highest BCUT2D eigenvalue weighted by molar-refractivity contribution is 7.60. The minimum absolute atomic E-state index is 0.